The largest absolute Gasteiger partial charge is 0.452 e. The summed E-state index contributed by atoms with van der Waals surface area (Å²) in [6.45, 7) is 4.20. The van der Waals surface area contributed by atoms with E-state index in [1.54, 1.807) is 6.07 Å². The highest BCUT2D eigenvalue weighted by Crippen LogP contribution is 2.19. The highest BCUT2D eigenvalue weighted by Gasteiger charge is 2.12. The molecule has 4 nitrogen and oxygen atoms in total. The van der Waals surface area contributed by atoms with E-state index in [2.05, 4.69) is 11.4 Å². The third kappa shape index (κ3) is 5.55. The van der Waals surface area contributed by atoms with E-state index in [9.17, 15) is 9.59 Å². The van der Waals surface area contributed by atoms with Crippen molar-refractivity contribution in [2.24, 2.45) is 0 Å². The van der Waals surface area contributed by atoms with E-state index in [4.69, 9.17) is 4.74 Å². The standard InChI is InChI=1S/C19H25NO3/c1-14-8-9-17(15(2)12-14)19(22)23-13-18(21)20-11-10-16-6-4-3-5-7-16/h6,8-9,12H,3-5,7,10-11,13H2,1-2H3,(H,20,21). The maximum atomic E-state index is 12.0. The fourth-order valence-corrected chi connectivity index (χ4v) is 2.80. The van der Waals surface area contributed by atoms with Crippen LogP contribution in [-0.2, 0) is 9.53 Å². The molecule has 1 aliphatic rings. The topological polar surface area (TPSA) is 55.4 Å². The first-order chi connectivity index (χ1) is 11.1. The maximum Gasteiger partial charge on any atom is 0.338 e. The average molecular weight is 315 g/mol. The Morgan fingerprint density at radius 3 is 2.74 bits per heavy atom. The highest BCUT2D eigenvalue weighted by molar-refractivity contribution is 5.92. The minimum Gasteiger partial charge on any atom is -0.452 e. The predicted octanol–water partition coefficient (Wildman–Crippen LogP) is 3.47. The summed E-state index contributed by atoms with van der Waals surface area (Å²) in [5.41, 5.74) is 3.88. The molecule has 1 N–H and O–H groups in total. The van der Waals surface area contributed by atoms with Gasteiger partial charge in [0.1, 0.15) is 0 Å². The molecule has 0 bridgehead atoms. The lowest BCUT2D eigenvalue weighted by Crippen LogP contribution is -2.30. The Morgan fingerprint density at radius 1 is 1.22 bits per heavy atom. The molecule has 1 aromatic rings. The Bertz CT molecular complexity index is 605. The fraction of sp³-hybridized carbons (Fsp3) is 0.474. The number of nitrogens with one attached hydrogen (secondary N) is 1. The Labute approximate surface area is 137 Å². The maximum absolute atomic E-state index is 12.0. The first kappa shape index (κ1) is 17.3. The van der Waals surface area contributed by atoms with Gasteiger partial charge in [-0.15, -0.1) is 0 Å². The van der Waals surface area contributed by atoms with Crippen LogP contribution >= 0.6 is 0 Å². The average Bonchev–Trinajstić information content (AvgIpc) is 2.53. The van der Waals surface area contributed by atoms with Crippen LogP contribution in [0.4, 0.5) is 0 Å². The third-order valence-electron chi connectivity index (χ3n) is 4.09. The quantitative estimate of drug-likeness (QED) is 0.646. The van der Waals surface area contributed by atoms with Gasteiger partial charge in [0.25, 0.3) is 5.91 Å². The minimum atomic E-state index is -0.451. The Morgan fingerprint density at radius 2 is 2.04 bits per heavy atom. The van der Waals surface area contributed by atoms with Gasteiger partial charge >= 0.3 is 5.97 Å². The number of rotatable bonds is 6. The molecule has 0 aliphatic heterocycles. The molecule has 0 heterocycles. The van der Waals surface area contributed by atoms with Crippen LogP contribution in [0.25, 0.3) is 0 Å². The molecule has 0 saturated heterocycles. The first-order valence-corrected chi connectivity index (χ1v) is 8.25. The summed E-state index contributed by atoms with van der Waals surface area (Å²) in [5.74, 6) is -0.702. The molecule has 124 valence electrons. The third-order valence-corrected chi connectivity index (χ3v) is 4.09. The van der Waals surface area contributed by atoms with Crippen molar-refractivity contribution in [2.45, 2.75) is 46.0 Å². The molecule has 2 rings (SSSR count). The van der Waals surface area contributed by atoms with Gasteiger partial charge in [0.15, 0.2) is 6.61 Å². The van der Waals surface area contributed by atoms with Gasteiger partial charge < -0.3 is 10.1 Å². The van der Waals surface area contributed by atoms with Crippen molar-refractivity contribution in [3.8, 4) is 0 Å². The number of amides is 1. The molecule has 0 radical (unpaired) electrons. The summed E-state index contributed by atoms with van der Waals surface area (Å²) in [4.78, 5) is 23.7. The lowest BCUT2D eigenvalue weighted by molar-refractivity contribution is -0.124. The molecule has 0 saturated carbocycles. The van der Waals surface area contributed by atoms with Crippen LogP contribution in [0.5, 0.6) is 0 Å². The second-order valence-electron chi connectivity index (χ2n) is 6.10. The van der Waals surface area contributed by atoms with Crippen molar-refractivity contribution >= 4 is 11.9 Å². The van der Waals surface area contributed by atoms with Gasteiger partial charge in [0.05, 0.1) is 5.56 Å². The predicted molar refractivity (Wildman–Crippen MR) is 90.4 cm³/mol. The molecule has 1 aromatic carbocycles. The Hall–Kier alpha value is -2.10. The van der Waals surface area contributed by atoms with E-state index in [-0.39, 0.29) is 12.5 Å². The van der Waals surface area contributed by atoms with Crippen molar-refractivity contribution in [1.29, 1.82) is 0 Å². The number of ether oxygens (including phenoxy) is 1. The number of carbonyl (C=O) groups excluding carboxylic acids is 2. The van der Waals surface area contributed by atoms with Crippen LogP contribution in [0.3, 0.4) is 0 Å². The molecule has 1 amide bonds. The van der Waals surface area contributed by atoms with E-state index in [0.29, 0.717) is 12.1 Å². The van der Waals surface area contributed by atoms with E-state index in [0.717, 1.165) is 30.4 Å². The summed E-state index contributed by atoms with van der Waals surface area (Å²) in [5, 5.41) is 2.80. The number of benzene rings is 1. The number of allylic oxidation sites excluding steroid dienone is 1. The number of hydrogen-bond donors (Lipinski definition) is 1. The monoisotopic (exact) mass is 315 g/mol. The van der Waals surface area contributed by atoms with Crippen LogP contribution in [0.2, 0.25) is 0 Å². The number of carbonyl (C=O) groups is 2. The second-order valence-corrected chi connectivity index (χ2v) is 6.10. The van der Waals surface area contributed by atoms with Gasteiger partial charge in [-0.25, -0.2) is 4.79 Å². The minimum absolute atomic E-state index is 0.231. The number of aryl methyl sites for hydroxylation is 2. The van der Waals surface area contributed by atoms with Gasteiger partial charge in [0.2, 0.25) is 0 Å². The lowest BCUT2D eigenvalue weighted by atomic mass is 9.97. The number of hydrogen-bond acceptors (Lipinski definition) is 3. The molecule has 23 heavy (non-hydrogen) atoms. The zero-order chi connectivity index (χ0) is 16.7. The molecule has 4 heteroatoms. The summed E-state index contributed by atoms with van der Waals surface area (Å²) in [6, 6.07) is 5.52. The van der Waals surface area contributed by atoms with Crippen molar-refractivity contribution in [2.75, 3.05) is 13.2 Å². The SMILES string of the molecule is Cc1ccc(C(=O)OCC(=O)NCCC2=CCCCC2)c(C)c1. The molecule has 0 fully saturated rings. The van der Waals surface area contributed by atoms with E-state index in [1.165, 1.54) is 18.4 Å². The molecule has 0 unspecified atom stereocenters. The van der Waals surface area contributed by atoms with Crippen LogP contribution in [0.15, 0.2) is 29.8 Å². The molecular formula is C19H25NO3. The molecule has 1 aliphatic carbocycles. The first-order valence-electron chi connectivity index (χ1n) is 8.25. The van der Waals surface area contributed by atoms with Crippen LogP contribution in [0.1, 0.15) is 53.6 Å². The zero-order valence-electron chi connectivity index (χ0n) is 14.0. The van der Waals surface area contributed by atoms with Gasteiger partial charge in [-0.3, -0.25) is 4.79 Å². The summed E-state index contributed by atoms with van der Waals surface area (Å²) in [7, 11) is 0. The van der Waals surface area contributed by atoms with Crippen LogP contribution in [0, 0.1) is 13.8 Å². The molecular weight excluding hydrogens is 290 g/mol. The van der Waals surface area contributed by atoms with Crippen LogP contribution in [-0.4, -0.2) is 25.0 Å². The van der Waals surface area contributed by atoms with Crippen LogP contribution < -0.4 is 5.32 Å². The van der Waals surface area contributed by atoms with E-state index in [1.807, 2.05) is 26.0 Å². The van der Waals surface area contributed by atoms with Gasteiger partial charge in [0, 0.05) is 6.54 Å². The lowest BCUT2D eigenvalue weighted by Gasteiger charge is -2.13. The second kappa shape index (κ2) is 8.51. The van der Waals surface area contributed by atoms with Gasteiger partial charge in [-0.2, -0.15) is 0 Å². The van der Waals surface area contributed by atoms with Crippen molar-refractivity contribution in [3.05, 3.63) is 46.5 Å². The Balaban J connectivity index is 1.71. The number of esters is 1. The van der Waals surface area contributed by atoms with E-state index >= 15 is 0 Å². The highest BCUT2D eigenvalue weighted by atomic mass is 16.5. The summed E-state index contributed by atoms with van der Waals surface area (Å²) >= 11 is 0. The van der Waals surface area contributed by atoms with E-state index < -0.39 is 5.97 Å². The normalized spacial score (nSPS) is 14.1. The Kier molecular flexibility index (Phi) is 6.39. The zero-order valence-corrected chi connectivity index (χ0v) is 14.0. The van der Waals surface area contributed by atoms with Gasteiger partial charge in [-0.1, -0.05) is 29.3 Å². The smallest absolute Gasteiger partial charge is 0.338 e. The van der Waals surface area contributed by atoms with Crippen molar-refractivity contribution < 1.29 is 14.3 Å². The molecule has 0 aromatic heterocycles. The van der Waals surface area contributed by atoms with Crippen molar-refractivity contribution in [3.63, 3.8) is 0 Å². The summed E-state index contributed by atoms with van der Waals surface area (Å²) in [6.07, 6.45) is 7.96. The van der Waals surface area contributed by atoms with Crippen molar-refractivity contribution in [1.82, 2.24) is 5.32 Å². The fourth-order valence-electron chi connectivity index (χ4n) is 2.80. The summed E-state index contributed by atoms with van der Waals surface area (Å²) < 4.78 is 5.09. The van der Waals surface area contributed by atoms with Gasteiger partial charge in [-0.05, 0) is 57.6 Å². The molecule has 0 atom stereocenters. The molecule has 0 spiro atoms.